The van der Waals surface area contributed by atoms with E-state index in [9.17, 15) is 4.79 Å². The molecule has 1 aliphatic carbocycles. The minimum Gasteiger partial charge on any atom is -0.497 e. The van der Waals surface area contributed by atoms with Crippen molar-refractivity contribution in [3.8, 4) is 5.75 Å². The number of aliphatic hydroxyl groups excluding tert-OH is 1. The minimum absolute atomic E-state index is 0.00784. The van der Waals surface area contributed by atoms with Gasteiger partial charge in [-0.05, 0) is 43.9 Å². The first-order valence-corrected chi connectivity index (χ1v) is 8.39. The average molecular weight is 320 g/mol. The van der Waals surface area contributed by atoms with Gasteiger partial charge in [0.15, 0.2) is 0 Å². The monoisotopic (exact) mass is 320 g/mol. The molecule has 5 nitrogen and oxygen atoms in total. The van der Waals surface area contributed by atoms with E-state index in [2.05, 4.69) is 22.8 Å². The van der Waals surface area contributed by atoms with Gasteiger partial charge in [-0.3, -0.25) is 0 Å². The molecule has 1 aliphatic rings. The van der Waals surface area contributed by atoms with Crippen LogP contribution in [-0.4, -0.2) is 37.4 Å². The van der Waals surface area contributed by atoms with Crippen LogP contribution in [0, 0.1) is 0 Å². The average Bonchev–Trinajstić information content (AvgIpc) is 3.03. The summed E-state index contributed by atoms with van der Waals surface area (Å²) in [5, 5.41) is 14.8. The van der Waals surface area contributed by atoms with Crippen molar-refractivity contribution in [3.05, 3.63) is 29.8 Å². The number of hydrogen-bond donors (Lipinski definition) is 3. The van der Waals surface area contributed by atoms with Crippen LogP contribution in [0.1, 0.15) is 44.6 Å². The van der Waals surface area contributed by atoms with Gasteiger partial charge >= 0.3 is 6.03 Å². The highest BCUT2D eigenvalue weighted by atomic mass is 16.5. The van der Waals surface area contributed by atoms with Crippen LogP contribution >= 0.6 is 0 Å². The van der Waals surface area contributed by atoms with Crippen molar-refractivity contribution in [2.24, 2.45) is 0 Å². The zero-order valence-electron chi connectivity index (χ0n) is 14.1. The minimum atomic E-state index is -0.167. The van der Waals surface area contributed by atoms with Crippen LogP contribution < -0.4 is 15.4 Å². The smallest absolute Gasteiger partial charge is 0.315 e. The maximum Gasteiger partial charge on any atom is 0.315 e. The molecule has 1 aromatic carbocycles. The molecule has 0 bridgehead atoms. The standard InChI is InChI=1S/C18H28N2O3/c1-14(8-11-21)20-17(22)19-13-18(9-3-4-10-18)15-6-5-7-16(12-15)23-2/h5-7,12,14,21H,3-4,8-11,13H2,1-2H3,(H2,19,20,22)/t14-/m1/s1. The highest BCUT2D eigenvalue weighted by Crippen LogP contribution is 2.41. The lowest BCUT2D eigenvalue weighted by Gasteiger charge is -2.30. The molecule has 0 spiro atoms. The molecule has 3 N–H and O–H groups in total. The van der Waals surface area contributed by atoms with Gasteiger partial charge in [-0.1, -0.05) is 25.0 Å². The molecule has 2 rings (SSSR count). The van der Waals surface area contributed by atoms with Crippen molar-refractivity contribution in [2.75, 3.05) is 20.3 Å². The predicted molar refractivity (Wildman–Crippen MR) is 90.8 cm³/mol. The summed E-state index contributed by atoms with van der Waals surface area (Å²) in [7, 11) is 1.68. The van der Waals surface area contributed by atoms with E-state index in [-0.39, 0.29) is 24.1 Å². The number of amides is 2. The normalized spacial score (nSPS) is 17.5. The summed E-state index contributed by atoms with van der Waals surface area (Å²) >= 11 is 0. The van der Waals surface area contributed by atoms with Crippen molar-refractivity contribution in [1.29, 1.82) is 0 Å². The number of urea groups is 1. The molecule has 128 valence electrons. The Hall–Kier alpha value is -1.75. The first-order valence-electron chi connectivity index (χ1n) is 8.39. The van der Waals surface area contributed by atoms with Crippen LogP contribution in [0.3, 0.4) is 0 Å². The van der Waals surface area contributed by atoms with Crippen molar-refractivity contribution >= 4 is 6.03 Å². The SMILES string of the molecule is COc1cccc(C2(CNC(=O)N[C@H](C)CCO)CCCC2)c1. The Morgan fingerprint density at radius 1 is 1.39 bits per heavy atom. The van der Waals surface area contributed by atoms with E-state index in [4.69, 9.17) is 9.84 Å². The Morgan fingerprint density at radius 3 is 2.78 bits per heavy atom. The van der Waals surface area contributed by atoms with E-state index >= 15 is 0 Å². The van der Waals surface area contributed by atoms with Gasteiger partial charge in [0.2, 0.25) is 0 Å². The second kappa shape index (κ2) is 8.20. The molecule has 0 radical (unpaired) electrons. The molecule has 0 unspecified atom stereocenters. The van der Waals surface area contributed by atoms with E-state index < -0.39 is 0 Å². The maximum atomic E-state index is 12.1. The summed E-state index contributed by atoms with van der Waals surface area (Å²) in [6, 6.07) is 7.97. The number of nitrogens with one attached hydrogen (secondary N) is 2. The summed E-state index contributed by atoms with van der Waals surface area (Å²) in [5.74, 6) is 0.856. The number of benzene rings is 1. The van der Waals surface area contributed by atoms with Crippen LogP contribution in [0.5, 0.6) is 5.75 Å². The van der Waals surface area contributed by atoms with Gasteiger partial charge in [-0.25, -0.2) is 4.79 Å². The number of hydrogen-bond acceptors (Lipinski definition) is 3. The molecule has 0 aromatic heterocycles. The lowest BCUT2D eigenvalue weighted by Crippen LogP contribution is -2.46. The van der Waals surface area contributed by atoms with Crippen molar-refractivity contribution in [1.82, 2.24) is 10.6 Å². The van der Waals surface area contributed by atoms with Crippen molar-refractivity contribution < 1.29 is 14.6 Å². The predicted octanol–water partition coefficient (Wildman–Crippen LogP) is 2.58. The van der Waals surface area contributed by atoms with E-state index in [0.717, 1.165) is 18.6 Å². The summed E-state index contributed by atoms with van der Waals surface area (Å²) in [6.45, 7) is 2.59. The summed E-state index contributed by atoms with van der Waals surface area (Å²) in [5.41, 5.74) is 1.23. The largest absolute Gasteiger partial charge is 0.497 e. The molecule has 23 heavy (non-hydrogen) atoms. The molecule has 0 saturated heterocycles. The summed E-state index contributed by atoms with van der Waals surface area (Å²) in [4.78, 5) is 12.1. The zero-order valence-corrected chi connectivity index (χ0v) is 14.1. The zero-order chi connectivity index (χ0) is 16.7. The van der Waals surface area contributed by atoms with Gasteiger partial charge in [-0.2, -0.15) is 0 Å². The van der Waals surface area contributed by atoms with Crippen LogP contribution in [0.15, 0.2) is 24.3 Å². The summed E-state index contributed by atoms with van der Waals surface area (Å²) in [6.07, 6.45) is 5.08. The third kappa shape index (κ3) is 4.61. The first-order chi connectivity index (χ1) is 11.1. The van der Waals surface area contributed by atoms with Gasteiger partial charge in [0.25, 0.3) is 0 Å². The fraction of sp³-hybridized carbons (Fsp3) is 0.611. The van der Waals surface area contributed by atoms with Gasteiger partial charge in [0, 0.05) is 24.6 Å². The third-order valence-corrected chi connectivity index (χ3v) is 4.77. The van der Waals surface area contributed by atoms with Crippen molar-refractivity contribution in [3.63, 3.8) is 0 Å². The Balaban J connectivity index is 2.02. The Morgan fingerprint density at radius 2 is 2.13 bits per heavy atom. The number of aliphatic hydroxyl groups is 1. The van der Waals surface area contributed by atoms with Crippen LogP contribution in [0.4, 0.5) is 4.79 Å². The lowest BCUT2D eigenvalue weighted by atomic mass is 9.78. The second-order valence-electron chi connectivity index (χ2n) is 6.46. The van der Waals surface area contributed by atoms with Gasteiger partial charge in [0.1, 0.15) is 5.75 Å². The Kier molecular flexibility index (Phi) is 6.28. The van der Waals surface area contributed by atoms with Crippen LogP contribution in [0.25, 0.3) is 0 Å². The van der Waals surface area contributed by atoms with Crippen molar-refractivity contribution in [2.45, 2.75) is 50.5 Å². The van der Waals surface area contributed by atoms with E-state index in [0.29, 0.717) is 13.0 Å². The molecule has 0 heterocycles. The fourth-order valence-corrected chi connectivity index (χ4v) is 3.36. The molecule has 1 atom stereocenters. The molecular formula is C18H28N2O3. The highest BCUT2D eigenvalue weighted by molar-refractivity contribution is 5.74. The number of carbonyl (C=O) groups is 1. The van der Waals surface area contributed by atoms with E-state index in [1.54, 1.807) is 7.11 Å². The van der Waals surface area contributed by atoms with Crippen LogP contribution in [-0.2, 0) is 5.41 Å². The second-order valence-corrected chi connectivity index (χ2v) is 6.46. The van der Waals surface area contributed by atoms with Gasteiger partial charge < -0.3 is 20.5 Å². The molecule has 1 aromatic rings. The molecule has 5 heteroatoms. The number of rotatable bonds is 7. The molecule has 2 amide bonds. The Bertz CT molecular complexity index is 513. The maximum absolute atomic E-state index is 12.1. The molecule has 0 aliphatic heterocycles. The van der Waals surface area contributed by atoms with Crippen LogP contribution in [0.2, 0.25) is 0 Å². The van der Waals surface area contributed by atoms with Gasteiger partial charge in [-0.15, -0.1) is 0 Å². The topological polar surface area (TPSA) is 70.6 Å². The first kappa shape index (κ1) is 17.6. The summed E-state index contributed by atoms with van der Waals surface area (Å²) < 4.78 is 5.34. The number of carbonyl (C=O) groups excluding carboxylic acids is 1. The Labute approximate surface area is 138 Å². The quantitative estimate of drug-likeness (QED) is 0.723. The lowest BCUT2D eigenvalue weighted by molar-refractivity contribution is 0.227. The van der Waals surface area contributed by atoms with Gasteiger partial charge in [0.05, 0.1) is 7.11 Å². The molecular weight excluding hydrogens is 292 g/mol. The third-order valence-electron chi connectivity index (χ3n) is 4.77. The number of methoxy groups -OCH3 is 1. The fourth-order valence-electron chi connectivity index (χ4n) is 3.36. The number of ether oxygens (including phenoxy) is 1. The molecule has 1 fully saturated rings. The highest BCUT2D eigenvalue weighted by Gasteiger charge is 2.36. The van der Waals surface area contributed by atoms with E-state index in [1.807, 2.05) is 19.1 Å². The van der Waals surface area contributed by atoms with E-state index in [1.165, 1.54) is 18.4 Å². The molecule has 1 saturated carbocycles.